The summed E-state index contributed by atoms with van der Waals surface area (Å²) >= 11 is 0. The van der Waals surface area contributed by atoms with Gasteiger partial charge in [0.1, 0.15) is 12.2 Å². The number of nitrogens with zero attached hydrogens (tertiary/aromatic N) is 1. The Hall–Kier alpha value is -2.08. The molecule has 1 aromatic rings. The molecular formula is C14H21N3O3. The third kappa shape index (κ3) is 6.19. The number of hydrogen-bond donors (Lipinski definition) is 2. The minimum atomic E-state index is -0.336. The number of amides is 2. The van der Waals surface area contributed by atoms with Crippen LogP contribution < -0.4 is 15.4 Å². The van der Waals surface area contributed by atoms with Crippen molar-refractivity contribution in [2.24, 2.45) is 0 Å². The van der Waals surface area contributed by atoms with Crippen LogP contribution in [0.2, 0.25) is 0 Å². The number of anilines is 1. The normalized spacial score (nSPS) is 10.2. The second-order valence-corrected chi connectivity index (χ2v) is 4.61. The lowest BCUT2D eigenvalue weighted by Gasteiger charge is -2.10. The highest BCUT2D eigenvalue weighted by Gasteiger charge is 2.09. The molecule has 0 aromatic heterocycles. The van der Waals surface area contributed by atoms with Crippen molar-refractivity contribution in [1.29, 1.82) is 0 Å². The van der Waals surface area contributed by atoms with Crippen molar-refractivity contribution < 1.29 is 14.3 Å². The van der Waals surface area contributed by atoms with Gasteiger partial charge in [-0.05, 0) is 38.4 Å². The van der Waals surface area contributed by atoms with Crippen molar-refractivity contribution >= 4 is 17.5 Å². The lowest BCUT2D eigenvalue weighted by Crippen LogP contribution is -2.33. The Morgan fingerprint density at radius 1 is 1.15 bits per heavy atom. The molecule has 0 saturated heterocycles. The number of nitrogens with one attached hydrogen (secondary N) is 2. The van der Waals surface area contributed by atoms with E-state index in [0.717, 1.165) is 6.54 Å². The van der Waals surface area contributed by atoms with Gasteiger partial charge in [0.2, 0.25) is 11.8 Å². The molecule has 0 aliphatic rings. The lowest BCUT2D eigenvalue weighted by molar-refractivity contribution is -0.126. The maximum Gasteiger partial charge on any atom is 0.233 e. The fourth-order valence-corrected chi connectivity index (χ4v) is 1.51. The molecule has 0 spiro atoms. The summed E-state index contributed by atoms with van der Waals surface area (Å²) in [6.45, 7) is 1.27. The van der Waals surface area contributed by atoms with Crippen LogP contribution in [0.4, 0.5) is 5.69 Å². The predicted octanol–water partition coefficient (Wildman–Crippen LogP) is 0.702. The SMILES string of the molecule is COc1ccc(NC(=O)CC(=O)NCCN(C)C)cc1. The fourth-order valence-electron chi connectivity index (χ4n) is 1.51. The number of methoxy groups -OCH3 is 1. The summed E-state index contributed by atoms with van der Waals surface area (Å²) in [6.07, 6.45) is -0.181. The largest absolute Gasteiger partial charge is 0.497 e. The molecule has 0 saturated carbocycles. The molecule has 0 atom stereocenters. The minimum Gasteiger partial charge on any atom is -0.497 e. The predicted molar refractivity (Wildman–Crippen MR) is 77.8 cm³/mol. The molecule has 6 nitrogen and oxygen atoms in total. The first kappa shape index (κ1) is 16.0. The molecule has 20 heavy (non-hydrogen) atoms. The van der Waals surface area contributed by atoms with Gasteiger partial charge in [0.05, 0.1) is 7.11 Å². The molecule has 1 rings (SSSR count). The van der Waals surface area contributed by atoms with Gasteiger partial charge in [-0.2, -0.15) is 0 Å². The van der Waals surface area contributed by atoms with Gasteiger partial charge in [0.25, 0.3) is 0 Å². The molecule has 0 aliphatic heterocycles. The summed E-state index contributed by atoms with van der Waals surface area (Å²) in [6, 6.07) is 6.93. The standard InChI is InChI=1S/C14H21N3O3/c1-17(2)9-8-15-13(18)10-14(19)16-11-4-6-12(20-3)7-5-11/h4-7H,8-10H2,1-3H3,(H,15,18)(H,16,19). The van der Waals surface area contributed by atoms with E-state index in [2.05, 4.69) is 10.6 Å². The molecule has 2 N–H and O–H groups in total. The maximum absolute atomic E-state index is 11.7. The summed E-state index contributed by atoms with van der Waals surface area (Å²) in [4.78, 5) is 25.1. The van der Waals surface area contributed by atoms with E-state index in [9.17, 15) is 9.59 Å². The molecule has 0 aliphatic carbocycles. The summed E-state index contributed by atoms with van der Waals surface area (Å²) in [5.74, 6) is 0.0970. The molecule has 1 aromatic carbocycles. The highest BCUT2D eigenvalue weighted by molar-refractivity contribution is 6.03. The quantitative estimate of drug-likeness (QED) is 0.721. The van der Waals surface area contributed by atoms with Crippen LogP contribution in [0.15, 0.2) is 24.3 Å². The topological polar surface area (TPSA) is 70.7 Å². The van der Waals surface area contributed by atoms with E-state index in [4.69, 9.17) is 4.74 Å². The average Bonchev–Trinajstić information content (AvgIpc) is 2.38. The first-order valence-electron chi connectivity index (χ1n) is 6.36. The van der Waals surface area contributed by atoms with Crippen molar-refractivity contribution in [1.82, 2.24) is 10.2 Å². The minimum absolute atomic E-state index is 0.181. The Balaban J connectivity index is 2.33. The zero-order valence-corrected chi connectivity index (χ0v) is 12.1. The molecule has 0 unspecified atom stereocenters. The Morgan fingerprint density at radius 2 is 1.80 bits per heavy atom. The zero-order valence-electron chi connectivity index (χ0n) is 12.1. The van der Waals surface area contributed by atoms with Gasteiger partial charge in [-0.25, -0.2) is 0 Å². The van der Waals surface area contributed by atoms with Gasteiger partial charge in [-0.15, -0.1) is 0 Å². The van der Waals surface area contributed by atoms with Crippen LogP contribution in [0, 0.1) is 0 Å². The van der Waals surface area contributed by atoms with Crippen molar-refractivity contribution in [3.63, 3.8) is 0 Å². The third-order valence-electron chi connectivity index (χ3n) is 2.58. The Bertz CT molecular complexity index is 443. The van der Waals surface area contributed by atoms with Gasteiger partial charge in [0.15, 0.2) is 0 Å². The Kier molecular flexibility index (Phi) is 6.52. The first-order valence-corrected chi connectivity index (χ1v) is 6.36. The molecule has 2 amide bonds. The van der Waals surface area contributed by atoms with E-state index in [1.807, 2.05) is 19.0 Å². The van der Waals surface area contributed by atoms with Crippen LogP contribution in [0.25, 0.3) is 0 Å². The van der Waals surface area contributed by atoms with Crippen LogP contribution in [0.5, 0.6) is 5.75 Å². The van der Waals surface area contributed by atoms with Crippen molar-refractivity contribution in [2.75, 3.05) is 39.6 Å². The zero-order chi connectivity index (χ0) is 15.0. The molecular weight excluding hydrogens is 258 g/mol. The molecule has 0 heterocycles. The average molecular weight is 279 g/mol. The van der Waals surface area contributed by atoms with Gasteiger partial charge >= 0.3 is 0 Å². The van der Waals surface area contributed by atoms with Crippen LogP contribution in [-0.2, 0) is 9.59 Å². The second-order valence-electron chi connectivity index (χ2n) is 4.61. The first-order chi connectivity index (χ1) is 9.51. The fraction of sp³-hybridized carbons (Fsp3) is 0.429. The highest BCUT2D eigenvalue weighted by Crippen LogP contribution is 2.14. The number of rotatable bonds is 7. The number of likely N-dealkylation sites (N-methyl/N-ethyl adjacent to an activating group) is 1. The van der Waals surface area contributed by atoms with Crippen molar-refractivity contribution in [3.05, 3.63) is 24.3 Å². The van der Waals surface area contributed by atoms with Crippen LogP contribution in [-0.4, -0.2) is 51.0 Å². The molecule has 110 valence electrons. The van der Waals surface area contributed by atoms with Gasteiger partial charge in [0, 0.05) is 18.8 Å². The van der Waals surface area contributed by atoms with E-state index >= 15 is 0 Å². The van der Waals surface area contributed by atoms with E-state index in [0.29, 0.717) is 18.0 Å². The molecule has 0 fully saturated rings. The summed E-state index contributed by atoms with van der Waals surface area (Å²) < 4.78 is 5.02. The summed E-state index contributed by atoms with van der Waals surface area (Å²) in [5.41, 5.74) is 0.636. The number of benzene rings is 1. The van der Waals surface area contributed by atoms with Crippen molar-refractivity contribution in [3.8, 4) is 5.75 Å². The van der Waals surface area contributed by atoms with Gasteiger partial charge < -0.3 is 20.3 Å². The summed E-state index contributed by atoms with van der Waals surface area (Å²) in [5, 5.41) is 5.35. The van der Waals surface area contributed by atoms with Crippen molar-refractivity contribution in [2.45, 2.75) is 6.42 Å². The monoisotopic (exact) mass is 279 g/mol. The number of carbonyl (C=O) groups excluding carboxylic acids is 2. The number of hydrogen-bond acceptors (Lipinski definition) is 4. The Morgan fingerprint density at radius 3 is 2.35 bits per heavy atom. The van der Waals surface area contributed by atoms with Crippen LogP contribution >= 0.6 is 0 Å². The van der Waals surface area contributed by atoms with E-state index in [-0.39, 0.29) is 18.2 Å². The molecule has 6 heteroatoms. The second kappa shape index (κ2) is 8.16. The number of carbonyl (C=O) groups is 2. The Labute approximate surface area is 119 Å². The smallest absolute Gasteiger partial charge is 0.233 e. The molecule has 0 radical (unpaired) electrons. The summed E-state index contributed by atoms with van der Waals surface area (Å²) in [7, 11) is 5.41. The maximum atomic E-state index is 11.7. The van der Waals surface area contributed by atoms with Gasteiger partial charge in [-0.1, -0.05) is 0 Å². The lowest BCUT2D eigenvalue weighted by atomic mass is 10.3. The van der Waals surface area contributed by atoms with E-state index in [1.165, 1.54) is 0 Å². The van der Waals surface area contributed by atoms with Crippen LogP contribution in [0.3, 0.4) is 0 Å². The van der Waals surface area contributed by atoms with E-state index < -0.39 is 0 Å². The number of ether oxygens (including phenoxy) is 1. The molecule has 0 bridgehead atoms. The van der Waals surface area contributed by atoms with Crippen LogP contribution in [0.1, 0.15) is 6.42 Å². The van der Waals surface area contributed by atoms with Gasteiger partial charge in [-0.3, -0.25) is 9.59 Å². The van der Waals surface area contributed by atoms with E-state index in [1.54, 1.807) is 31.4 Å². The third-order valence-corrected chi connectivity index (χ3v) is 2.58. The highest BCUT2D eigenvalue weighted by atomic mass is 16.5.